The van der Waals surface area contributed by atoms with Gasteiger partial charge in [0.1, 0.15) is 11.6 Å². The maximum atomic E-state index is 13.5. The van der Waals surface area contributed by atoms with E-state index < -0.39 is 0 Å². The molecule has 2 aromatic carbocycles. The van der Waals surface area contributed by atoms with Crippen molar-refractivity contribution in [1.82, 2.24) is 0 Å². The first-order valence-electron chi connectivity index (χ1n) is 6.36. The second kappa shape index (κ2) is 6.34. The van der Waals surface area contributed by atoms with Crippen molar-refractivity contribution >= 4 is 0 Å². The van der Waals surface area contributed by atoms with E-state index in [1.54, 1.807) is 18.2 Å². The number of hydrogen-bond donors (Lipinski definition) is 1. The number of rotatable bonds is 5. The van der Waals surface area contributed by atoms with E-state index in [1.165, 1.54) is 11.6 Å². The normalized spacial score (nSPS) is 12.2. The molecule has 1 unspecified atom stereocenters. The number of nitrogens with two attached hydrogens (primary N) is 1. The Morgan fingerprint density at radius 1 is 1.11 bits per heavy atom. The molecule has 1 atom stereocenters. The van der Waals surface area contributed by atoms with E-state index in [1.807, 2.05) is 31.2 Å². The largest absolute Gasteiger partial charge is 0.494 e. The number of ether oxygens (including phenoxy) is 1. The second-order valence-electron chi connectivity index (χ2n) is 4.58. The summed E-state index contributed by atoms with van der Waals surface area (Å²) < 4.78 is 19.1. The van der Waals surface area contributed by atoms with Gasteiger partial charge in [-0.2, -0.15) is 0 Å². The van der Waals surface area contributed by atoms with E-state index >= 15 is 0 Å². The average molecular weight is 259 g/mol. The molecule has 3 heteroatoms. The standard InChI is InChI=1S/C16H18FNO/c1-12-6-8-13(9-7-12)19-11-10-16(18)14-4-2-3-5-15(14)17/h2-9,16H,10-11,18H2,1H3. The average Bonchev–Trinajstić information content (AvgIpc) is 2.41. The van der Waals surface area contributed by atoms with E-state index in [2.05, 4.69) is 0 Å². The lowest BCUT2D eigenvalue weighted by Crippen LogP contribution is -2.15. The third kappa shape index (κ3) is 3.80. The first-order chi connectivity index (χ1) is 9.16. The summed E-state index contributed by atoms with van der Waals surface area (Å²) in [5.74, 6) is 0.552. The molecule has 2 N–H and O–H groups in total. The lowest BCUT2D eigenvalue weighted by molar-refractivity contribution is 0.297. The highest BCUT2D eigenvalue weighted by Crippen LogP contribution is 2.18. The molecular formula is C16H18FNO. The van der Waals surface area contributed by atoms with Crippen LogP contribution in [-0.2, 0) is 0 Å². The van der Waals surface area contributed by atoms with Crippen molar-refractivity contribution in [2.45, 2.75) is 19.4 Å². The fourth-order valence-electron chi connectivity index (χ4n) is 1.87. The Balaban J connectivity index is 1.86. The molecule has 2 rings (SSSR count). The van der Waals surface area contributed by atoms with E-state index in [0.29, 0.717) is 18.6 Å². The maximum Gasteiger partial charge on any atom is 0.127 e. The van der Waals surface area contributed by atoms with Gasteiger partial charge in [-0.1, -0.05) is 35.9 Å². The van der Waals surface area contributed by atoms with Gasteiger partial charge in [0.15, 0.2) is 0 Å². The molecule has 19 heavy (non-hydrogen) atoms. The lowest BCUT2D eigenvalue weighted by atomic mass is 10.0. The minimum Gasteiger partial charge on any atom is -0.494 e. The molecule has 0 radical (unpaired) electrons. The fourth-order valence-corrected chi connectivity index (χ4v) is 1.87. The number of hydrogen-bond acceptors (Lipinski definition) is 2. The summed E-state index contributed by atoms with van der Waals surface area (Å²) in [6.45, 7) is 2.50. The first kappa shape index (κ1) is 13.6. The SMILES string of the molecule is Cc1ccc(OCCC(N)c2ccccc2F)cc1. The van der Waals surface area contributed by atoms with Crippen LogP contribution in [0.5, 0.6) is 5.75 Å². The lowest BCUT2D eigenvalue weighted by Gasteiger charge is -2.13. The quantitative estimate of drug-likeness (QED) is 0.890. The van der Waals surface area contributed by atoms with E-state index in [-0.39, 0.29) is 11.9 Å². The van der Waals surface area contributed by atoms with Crippen molar-refractivity contribution in [1.29, 1.82) is 0 Å². The van der Waals surface area contributed by atoms with Crippen LogP contribution in [0.2, 0.25) is 0 Å². The van der Waals surface area contributed by atoms with Crippen molar-refractivity contribution in [2.75, 3.05) is 6.61 Å². The van der Waals surface area contributed by atoms with Crippen LogP contribution >= 0.6 is 0 Å². The van der Waals surface area contributed by atoms with Crippen LogP contribution in [0.3, 0.4) is 0 Å². The Morgan fingerprint density at radius 2 is 1.79 bits per heavy atom. The third-order valence-corrected chi connectivity index (χ3v) is 3.02. The van der Waals surface area contributed by atoms with Crippen molar-refractivity contribution in [3.05, 3.63) is 65.5 Å². The van der Waals surface area contributed by atoms with Crippen LogP contribution in [0.25, 0.3) is 0 Å². The summed E-state index contributed by atoms with van der Waals surface area (Å²) >= 11 is 0. The molecule has 0 bridgehead atoms. The van der Waals surface area contributed by atoms with Crippen LogP contribution in [-0.4, -0.2) is 6.61 Å². The molecule has 0 saturated carbocycles. The predicted octanol–water partition coefficient (Wildman–Crippen LogP) is 3.60. The molecule has 0 aromatic heterocycles. The monoisotopic (exact) mass is 259 g/mol. The predicted molar refractivity (Wildman–Crippen MR) is 74.6 cm³/mol. The molecule has 2 nitrogen and oxygen atoms in total. The molecule has 0 aliphatic carbocycles. The zero-order valence-corrected chi connectivity index (χ0v) is 11.0. The van der Waals surface area contributed by atoms with Gasteiger partial charge in [0.2, 0.25) is 0 Å². The fraction of sp³-hybridized carbons (Fsp3) is 0.250. The summed E-state index contributed by atoms with van der Waals surface area (Å²) in [5, 5.41) is 0. The van der Waals surface area contributed by atoms with Crippen LogP contribution in [0.15, 0.2) is 48.5 Å². The van der Waals surface area contributed by atoms with Gasteiger partial charge in [0, 0.05) is 18.0 Å². The zero-order chi connectivity index (χ0) is 13.7. The second-order valence-corrected chi connectivity index (χ2v) is 4.58. The van der Waals surface area contributed by atoms with Crippen molar-refractivity contribution in [3.63, 3.8) is 0 Å². The van der Waals surface area contributed by atoms with Gasteiger partial charge in [-0.3, -0.25) is 0 Å². The third-order valence-electron chi connectivity index (χ3n) is 3.02. The number of halogens is 1. The summed E-state index contributed by atoms with van der Waals surface area (Å²) in [6, 6.07) is 14.1. The van der Waals surface area contributed by atoms with Gasteiger partial charge in [-0.05, 0) is 25.1 Å². The molecule has 100 valence electrons. The molecule has 0 saturated heterocycles. The smallest absolute Gasteiger partial charge is 0.127 e. The Hall–Kier alpha value is -1.87. The Morgan fingerprint density at radius 3 is 2.47 bits per heavy atom. The highest BCUT2D eigenvalue weighted by molar-refractivity contribution is 5.26. The van der Waals surface area contributed by atoms with Gasteiger partial charge in [0.25, 0.3) is 0 Å². The summed E-state index contributed by atoms with van der Waals surface area (Å²) in [7, 11) is 0. The molecule has 0 aliphatic heterocycles. The summed E-state index contributed by atoms with van der Waals surface area (Å²) in [4.78, 5) is 0. The van der Waals surface area contributed by atoms with E-state index in [4.69, 9.17) is 10.5 Å². The molecule has 0 heterocycles. The van der Waals surface area contributed by atoms with Gasteiger partial charge < -0.3 is 10.5 Å². The van der Waals surface area contributed by atoms with Crippen LogP contribution in [0.4, 0.5) is 4.39 Å². The Labute approximate surface area is 113 Å². The minimum atomic E-state index is -0.341. The first-order valence-corrected chi connectivity index (χ1v) is 6.36. The van der Waals surface area contributed by atoms with Gasteiger partial charge >= 0.3 is 0 Å². The minimum absolute atomic E-state index is 0.259. The molecule has 0 amide bonds. The highest BCUT2D eigenvalue weighted by atomic mass is 19.1. The number of aryl methyl sites for hydroxylation is 1. The number of benzene rings is 2. The molecular weight excluding hydrogens is 241 g/mol. The van der Waals surface area contributed by atoms with Crippen molar-refractivity contribution < 1.29 is 9.13 Å². The highest BCUT2D eigenvalue weighted by Gasteiger charge is 2.10. The molecule has 0 fully saturated rings. The topological polar surface area (TPSA) is 35.2 Å². The van der Waals surface area contributed by atoms with Crippen LogP contribution in [0, 0.1) is 12.7 Å². The molecule has 0 spiro atoms. The van der Waals surface area contributed by atoms with Gasteiger partial charge in [0.05, 0.1) is 6.61 Å². The van der Waals surface area contributed by atoms with E-state index in [0.717, 1.165) is 5.75 Å². The van der Waals surface area contributed by atoms with Crippen molar-refractivity contribution in [3.8, 4) is 5.75 Å². The zero-order valence-electron chi connectivity index (χ0n) is 11.0. The molecule has 2 aromatic rings. The Bertz CT molecular complexity index is 525. The van der Waals surface area contributed by atoms with Gasteiger partial charge in [-0.15, -0.1) is 0 Å². The maximum absolute atomic E-state index is 13.5. The van der Waals surface area contributed by atoms with Crippen LogP contribution in [0.1, 0.15) is 23.6 Å². The Kier molecular flexibility index (Phi) is 4.53. The van der Waals surface area contributed by atoms with Crippen LogP contribution < -0.4 is 10.5 Å². The van der Waals surface area contributed by atoms with Gasteiger partial charge in [-0.25, -0.2) is 4.39 Å². The molecule has 0 aliphatic rings. The summed E-state index contributed by atoms with van der Waals surface area (Å²) in [6.07, 6.45) is 0.578. The summed E-state index contributed by atoms with van der Waals surface area (Å²) in [5.41, 5.74) is 7.69. The van der Waals surface area contributed by atoms with E-state index in [9.17, 15) is 4.39 Å². The van der Waals surface area contributed by atoms with Crippen molar-refractivity contribution in [2.24, 2.45) is 5.73 Å².